The second-order valence-electron chi connectivity index (χ2n) is 9.44. The van der Waals surface area contributed by atoms with Gasteiger partial charge in [0.1, 0.15) is 18.4 Å². The summed E-state index contributed by atoms with van der Waals surface area (Å²) in [5, 5.41) is 2.86. The van der Waals surface area contributed by atoms with E-state index in [-0.39, 0.29) is 23.0 Å². The Hall–Kier alpha value is -3.72. The molecule has 0 aromatic heterocycles. The Morgan fingerprint density at radius 2 is 1.59 bits per heavy atom. The van der Waals surface area contributed by atoms with Crippen molar-refractivity contribution in [2.45, 2.75) is 51.0 Å². The van der Waals surface area contributed by atoms with Gasteiger partial charge >= 0.3 is 0 Å². The molecule has 0 spiro atoms. The van der Waals surface area contributed by atoms with E-state index in [2.05, 4.69) is 5.32 Å². The van der Waals surface area contributed by atoms with E-state index in [4.69, 9.17) is 0 Å². The van der Waals surface area contributed by atoms with Crippen molar-refractivity contribution in [1.82, 2.24) is 10.2 Å². The fourth-order valence-electron chi connectivity index (χ4n) is 4.08. The van der Waals surface area contributed by atoms with Crippen LogP contribution in [0, 0.1) is 12.7 Å². The highest BCUT2D eigenvalue weighted by Crippen LogP contribution is 2.25. The topological polar surface area (TPSA) is 86.8 Å². The molecule has 1 N–H and O–H groups in total. The number of anilines is 1. The number of nitrogens with one attached hydrogen (secondary N) is 1. The number of benzene rings is 3. The van der Waals surface area contributed by atoms with Crippen LogP contribution in [-0.4, -0.2) is 50.8 Å². The molecule has 39 heavy (non-hydrogen) atoms. The highest BCUT2D eigenvalue weighted by atomic mass is 32.2. The van der Waals surface area contributed by atoms with E-state index < -0.39 is 34.3 Å². The minimum atomic E-state index is -4.18. The Bertz CT molecular complexity index is 1330. The van der Waals surface area contributed by atoms with E-state index >= 15 is 0 Å². The molecule has 0 heterocycles. The molecule has 0 saturated carbocycles. The van der Waals surface area contributed by atoms with Crippen molar-refractivity contribution in [3.05, 3.63) is 95.8 Å². The lowest BCUT2D eigenvalue weighted by Gasteiger charge is -2.32. The Morgan fingerprint density at radius 1 is 0.949 bits per heavy atom. The van der Waals surface area contributed by atoms with Gasteiger partial charge in [-0.05, 0) is 68.7 Å². The fraction of sp³-hybridized carbons (Fsp3) is 0.333. The molecule has 3 aromatic carbocycles. The number of carbonyl (C=O) groups is 2. The quantitative estimate of drug-likeness (QED) is 0.311. The summed E-state index contributed by atoms with van der Waals surface area (Å²) in [5.74, 6) is -1.37. The summed E-state index contributed by atoms with van der Waals surface area (Å²) in [6, 6.07) is 20.0. The van der Waals surface area contributed by atoms with Crippen molar-refractivity contribution in [2.24, 2.45) is 0 Å². The molecular weight excluding hydrogens is 517 g/mol. The maximum absolute atomic E-state index is 13.8. The van der Waals surface area contributed by atoms with Gasteiger partial charge in [0.05, 0.1) is 10.6 Å². The number of halogens is 1. The first kappa shape index (κ1) is 29.8. The SMILES string of the molecule is CCCCNC(=O)[C@@H](C)N(CCc1ccccc1)C(=O)CN(c1ccc(F)cc1)S(=O)(=O)c1ccc(C)cc1. The standard InChI is InChI=1S/C30H36FN3O4S/c1-4-5-20-32-30(36)24(3)33(21-19-25-9-7-6-8-10-25)29(35)22-34(27-15-13-26(31)14-16-27)39(37,38)28-17-11-23(2)12-18-28/h6-18,24H,4-5,19-22H2,1-3H3,(H,32,36)/t24-/m1/s1. The number of hydrogen-bond donors (Lipinski definition) is 1. The van der Waals surface area contributed by atoms with Gasteiger partial charge in [0.15, 0.2) is 0 Å². The van der Waals surface area contributed by atoms with Crippen LogP contribution in [0.2, 0.25) is 0 Å². The molecule has 7 nitrogen and oxygen atoms in total. The maximum Gasteiger partial charge on any atom is 0.264 e. The van der Waals surface area contributed by atoms with E-state index in [9.17, 15) is 22.4 Å². The number of hydrogen-bond acceptors (Lipinski definition) is 4. The third kappa shape index (κ3) is 8.13. The van der Waals surface area contributed by atoms with Crippen LogP contribution in [0.15, 0.2) is 83.8 Å². The maximum atomic E-state index is 13.8. The summed E-state index contributed by atoms with van der Waals surface area (Å²) in [6.45, 7) is 5.65. The number of sulfonamides is 1. The Kier molecular flexibility index (Phi) is 10.6. The van der Waals surface area contributed by atoms with Gasteiger partial charge in [0, 0.05) is 13.1 Å². The van der Waals surface area contributed by atoms with Crippen LogP contribution < -0.4 is 9.62 Å². The van der Waals surface area contributed by atoms with Gasteiger partial charge < -0.3 is 10.2 Å². The highest BCUT2D eigenvalue weighted by Gasteiger charge is 2.32. The van der Waals surface area contributed by atoms with Crippen molar-refractivity contribution in [2.75, 3.05) is 23.9 Å². The fourth-order valence-corrected chi connectivity index (χ4v) is 5.49. The minimum absolute atomic E-state index is 0.00594. The number of carbonyl (C=O) groups excluding carboxylic acids is 2. The van der Waals surface area contributed by atoms with Crippen molar-refractivity contribution in [3.8, 4) is 0 Å². The van der Waals surface area contributed by atoms with E-state index in [1.54, 1.807) is 19.1 Å². The first-order valence-corrected chi connectivity index (χ1v) is 14.5. The minimum Gasteiger partial charge on any atom is -0.354 e. The predicted octanol–water partition coefficient (Wildman–Crippen LogP) is 4.71. The normalized spacial score (nSPS) is 12.0. The number of unbranched alkanes of at least 4 members (excludes halogenated alkanes) is 1. The highest BCUT2D eigenvalue weighted by molar-refractivity contribution is 7.92. The molecule has 0 aliphatic rings. The zero-order valence-electron chi connectivity index (χ0n) is 22.6. The lowest BCUT2D eigenvalue weighted by molar-refractivity contribution is -0.138. The van der Waals surface area contributed by atoms with Gasteiger partial charge in [-0.3, -0.25) is 13.9 Å². The molecule has 3 aromatic rings. The number of nitrogens with zero attached hydrogens (tertiary/aromatic N) is 2. The molecule has 0 saturated heterocycles. The Labute approximate surface area is 230 Å². The Balaban J connectivity index is 1.94. The number of aryl methyl sites for hydroxylation is 1. The summed E-state index contributed by atoms with van der Waals surface area (Å²) >= 11 is 0. The summed E-state index contributed by atoms with van der Waals surface area (Å²) in [4.78, 5) is 28.1. The molecular formula is C30H36FN3O4S. The number of amides is 2. The molecule has 0 fully saturated rings. The van der Waals surface area contributed by atoms with Gasteiger partial charge in [-0.15, -0.1) is 0 Å². The van der Waals surface area contributed by atoms with Crippen molar-refractivity contribution in [3.63, 3.8) is 0 Å². The largest absolute Gasteiger partial charge is 0.354 e. The monoisotopic (exact) mass is 553 g/mol. The summed E-state index contributed by atoms with van der Waals surface area (Å²) < 4.78 is 42.1. The van der Waals surface area contributed by atoms with Crippen LogP contribution in [0.25, 0.3) is 0 Å². The predicted molar refractivity (Wildman–Crippen MR) is 151 cm³/mol. The van der Waals surface area contributed by atoms with Crippen LogP contribution in [0.3, 0.4) is 0 Å². The van der Waals surface area contributed by atoms with Crippen LogP contribution in [0.4, 0.5) is 10.1 Å². The first-order valence-electron chi connectivity index (χ1n) is 13.1. The average Bonchev–Trinajstić information content (AvgIpc) is 2.93. The van der Waals surface area contributed by atoms with Crippen LogP contribution in [-0.2, 0) is 26.0 Å². The first-order chi connectivity index (χ1) is 18.6. The lowest BCUT2D eigenvalue weighted by atomic mass is 10.1. The molecule has 0 bridgehead atoms. The summed E-state index contributed by atoms with van der Waals surface area (Å²) in [7, 11) is -4.18. The van der Waals surface area contributed by atoms with Gasteiger partial charge in [-0.25, -0.2) is 12.8 Å². The van der Waals surface area contributed by atoms with E-state index in [1.165, 1.54) is 29.2 Å². The second kappa shape index (κ2) is 13.9. The molecule has 2 amide bonds. The second-order valence-corrected chi connectivity index (χ2v) is 11.3. The van der Waals surface area contributed by atoms with Crippen molar-refractivity contribution >= 4 is 27.5 Å². The summed E-state index contributed by atoms with van der Waals surface area (Å²) in [5.41, 5.74) is 2.01. The van der Waals surface area contributed by atoms with E-state index in [0.717, 1.165) is 40.4 Å². The average molecular weight is 554 g/mol. The molecule has 0 aliphatic carbocycles. The summed E-state index contributed by atoms with van der Waals surface area (Å²) in [6.07, 6.45) is 2.21. The Morgan fingerprint density at radius 3 is 2.21 bits per heavy atom. The third-order valence-electron chi connectivity index (χ3n) is 6.48. The van der Waals surface area contributed by atoms with Gasteiger partial charge in [-0.1, -0.05) is 61.4 Å². The molecule has 9 heteroatoms. The van der Waals surface area contributed by atoms with Crippen LogP contribution in [0.1, 0.15) is 37.8 Å². The molecule has 0 aliphatic heterocycles. The van der Waals surface area contributed by atoms with Crippen molar-refractivity contribution < 1.29 is 22.4 Å². The molecule has 208 valence electrons. The molecule has 0 radical (unpaired) electrons. The van der Waals surface area contributed by atoms with Gasteiger partial charge in [0.25, 0.3) is 10.0 Å². The third-order valence-corrected chi connectivity index (χ3v) is 8.27. The smallest absolute Gasteiger partial charge is 0.264 e. The van der Waals surface area contributed by atoms with E-state index in [0.29, 0.717) is 13.0 Å². The van der Waals surface area contributed by atoms with Crippen LogP contribution >= 0.6 is 0 Å². The zero-order valence-corrected chi connectivity index (χ0v) is 23.5. The molecule has 0 unspecified atom stereocenters. The van der Waals surface area contributed by atoms with Crippen LogP contribution in [0.5, 0.6) is 0 Å². The number of rotatable bonds is 13. The molecule has 1 atom stereocenters. The lowest BCUT2D eigenvalue weighted by Crippen LogP contribution is -2.52. The zero-order chi connectivity index (χ0) is 28.4. The van der Waals surface area contributed by atoms with Crippen molar-refractivity contribution in [1.29, 1.82) is 0 Å². The van der Waals surface area contributed by atoms with E-state index in [1.807, 2.05) is 44.2 Å². The molecule has 3 rings (SSSR count). The van der Waals surface area contributed by atoms with Gasteiger partial charge in [-0.2, -0.15) is 0 Å². The van der Waals surface area contributed by atoms with Gasteiger partial charge in [0.2, 0.25) is 11.8 Å².